The Bertz CT molecular complexity index is 158. The lowest BCUT2D eigenvalue weighted by atomic mass is 10.1. The van der Waals surface area contributed by atoms with Crippen molar-refractivity contribution in [1.82, 2.24) is 0 Å². The molecule has 1 unspecified atom stereocenters. The van der Waals surface area contributed by atoms with Gasteiger partial charge in [-0.1, -0.05) is 12.2 Å². The van der Waals surface area contributed by atoms with Crippen molar-refractivity contribution < 1.29 is 13.2 Å². The molecule has 0 amide bonds. The van der Waals surface area contributed by atoms with Gasteiger partial charge in [-0.05, 0) is 12.2 Å². The zero-order valence-corrected chi connectivity index (χ0v) is 4.52. The molecule has 1 aliphatic rings. The Hall–Kier alpha value is -0.730. The molecule has 0 nitrogen and oxygen atoms in total. The van der Waals surface area contributed by atoms with Gasteiger partial charge in [-0.2, -0.15) is 8.78 Å². The highest BCUT2D eigenvalue weighted by atomic mass is 19.3. The van der Waals surface area contributed by atoms with E-state index in [-0.39, 0.29) is 0 Å². The van der Waals surface area contributed by atoms with Crippen LogP contribution in [-0.4, -0.2) is 12.1 Å². The fourth-order valence-electron chi connectivity index (χ4n) is 0.566. The molecule has 0 aromatic heterocycles. The third-order valence-corrected chi connectivity index (χ3v) is 1.08. The molecule has 0 N–H and O–H groups in total. The molecule has 0 bridgehead atoms. The maximum Gasteiger partial charge on any atom is 0.300 e. The summed E-state index contributed by atoms with van der Waals surface area (Å²) in [6.45, 7) is 0. The van der Waals surface area contributed by atoms with Gasteiger partial charge in [0.25, 0.3) is 0 Å². The number of alkyl halides is 3. The summed E-state index contributed by atoms with van der Waals surface area (Å²) in [6.07, 6.45) is 1.64. The Morgan fingerprint density at radius 3 is 2.22 bits per heavy atom. The van der Waals surface area contributed by atoms with E-state index in [9.17, 15) is 13.2 Å². The van der Waals surface area contributed by atoms with Crippen molar-refractivity contribution in [2.24, 2.45) is 0 Å². The minimum atomic E-state index is -3.30. The van der Waals surface area contributed by atoms with Crippen molar-refractivity contribution in [3.8, 4) is 0 Å². The van der Waals surface area contributed by atoms with Crippen LogP contribution in [0.2, 0.25) is 0 Å². The van der Waals surface area contributed by atoms with Crippen LogP contribution in [0, 0.1) is 0 Å². The topological polar surface area (TPSA) is 0 Å². The van der Waals surface area contributed by atoms with E-state index >= 15 is 0 Å². The molecule has 0 aromatic rings. The average molecular weight is 134 g/mol. The van der Waals surface area contributed by atoms with Crippen LogP contribution < -0.4 is 0 Å². The van der Waals surface area contributed by atoms with E-state index in [4.69, 9.17) is 0 Å². The average Bonchev–Trinajstić information content (AvgIpc) is 1.77. The third kappa shape index (κ3) is 1.15. The largest absolute Gasteiger partial charge is 0.300 e. The first-order valence-corrected chi connectivity index (χ1v) is 2.51. The van der Waals surface area contributed by atoms with Crippen LogP contribution in [0.3, 0.4) is 0 Å². The van der Waals surface area contributed by atoms with E-state index in [0.29, 0.717) is 6.08 Å². The normalized spacial score (nSPS) is 30.8. The monoisotopic (exact) mass is 134 g/mol. The second-order valence-electron chi connectivity index (χ2n) is 1.82. The van der Waals surface area contributed by atoms with Crippen LogP contribution in [-0.2, 0) is 0 Å². The van der Waals surface area contributed by atoms with Gasteiger partial charge in [-0.3, -0.25) is 0 Å². The predicted octanol–water partition coefficient (Wildman–Crippen LogP) is 2.09. The molecular weight excluding hydrogens is 129 g/mol. The van der Waals surface area contributed by atoms with Gasteiger partial charge < -0.3 is 0 Å². The standard InChI is InChI=1S/C6H5F3/c7-5-3-1-2-4-6(5,8)9/h1-5H. The van der Waals surface area contributed by atoms with Crippen LogP contribution in [0.15, 0.2) is 24.3 Å². The third-order valence-electron chi connectivity index (χ3n) is 1.08. The molecule has 1 atom stereocenters. The van der Waals surface area contributed by atoms with Crippen LogP contribution >= 0.6 is 0 Å². The first kappa shape index (κ1) is 6.39. The molecule has 0 saturated carbocycles. The molecule has 1 aliphatic carbocycles. The summed E-state index contributed by atoms with van der Waals surface area (Å²) in [5.41, 5.74) is 0. The van der Waals surface area contributed by atoms with Crippen LogP contribution in [0.4, 0.5) is 13.2 Å². The number of rotatable bonds is 0. The van der Waals surface area contributed by atoms with Gasteiger partial charge in [-0.15, -0.1) is 0 Å². The van der Waals surface area contributed by atoms with Crippen molar-refractivity contribution in [2.75, 3.05) is 0 Å². The molecule has 0 radical (unpaired) electrons. The summed E-state index contributed by atoms with van der Waals surface area (Å²) in [5.74, 6) is -3.30. The van der Waals surface area contributed by atoms with Gasteiger partial charge in [0.05, 0.1) is 0 Å². The number of hydrogen-bond donors (Lipinski definition) is 0. The number of hydrogen-bond acceptors (Lipinski definition) is 0. The summed E-state index contributed by atoms with van der Waals surface area (Å²) in [7, 11) is 0. The molecule has 0 spiro atoms. The molecule has 0 fully saturated rings. The zero-order valence-electron chi connectivity index (χ0n) is 4.52. The Morgan fingerprint density at radius 1 is 1.22 bits per heavy atom. The minimum absolute atomic E-state index is 0.553. The first-order chi connectivity index (χ1) is 4.13. The molecule has 1 rings (SSSR count). The smallest absolute Gasteiger partial charge is 0.236 e. The zero-order chi connectivity index (χ0) is 6.91. The van der Waals surface area contributed by atoms with E-state index in [1.807, 2.05) is 0 Å². The molecule has 0 aliphatic heterocycles. The van der Waals surface area contributed by atoms with Crippen LogP contribution in [0.1, 0.15) is 0 Å². The maximum atomic E-state index is 12.1. The van der Waals surface area contributed by atoms with Crippen molar-refractivity contribution in [3.05, 3.63) is 24.3 Å². The van der Waals surface area contributed by atoms with E-state index in [1.54, 1.807) is 0 Å². The van der Waals surface area contributed by atoms with Crippen LogP contribution in [0.25, 0.3) is 0 Å². The molecule has 50 valence electrons. The molecule has 3 heteroatoms. The molecule has 0 saturated heterocycles. The SMILES string of the molecule is FC1C=CC=CC1(F)F. The Balaban J connectivity index is 2.78. The van der Waals surface area contributed by atoms with Gasteiger partial charge >= 0.3 is 5.92 Å². The Labute approximate surface area is 50.7 Å². The summed E-state index contributed by atoms with van der Waals surface area (Å²) in [6, 6.07) is 0. The second-order valence-corrected chi connectivity index (χ2v) is 1.82. The molecule has 0 heterocycles. The highest BCUT2D eigenvalue weighted by Crippen LogP contribution is 2.26. The number of halogens is 3. The van der Waals surface area contributed by atoms with Crippen molar-refractivity contribution in [3.63, 3.8) is 0 Å². The highest BCUT2D eigenvalue weighted by molar-refractivity contribution is 5.19. The second kappa shape index (κ2) is 1.90. The summed E-state index contributed by atoms with van der Waals surface area (Å²) >= 11 is 0. The lowest BCUT2D eigenvalue weighted by molar-refractivity contribution is -0.00747. The van der Waals surface area contributed by atoms with E-state index in [2.05, 4.69) is 0 Å². The van der Waals surface area contributed by atoms with E-state index < -0.39 is 12.1 Å². The van der Waals surface area contributed by atoms with Crippen molar-refractivity contribution in [2.45, 2.75) is 12.1 Å². The predicted molar refractivity (Wildman–Crippen MR) is 28.1 cm³/mol. The van der Waals surface area contributed by atoms with Crippen molar-refractivity contribution >= 4 is 0 Å². The Morgan fingerprint density at radius 2 is 1.89 bits per heavy atom. The highest BCUT2D eigenvalue weighted by Gasteiger charge is 2.36. The quantitative estimate of drug-likeness (QED) is 0.475. The number of allylic oxidation sites excluding steroid dienone is 4. The van der Waals surface area contributed by atoms with Gasteiger partial charge in [0.2, 0.25) is 0 Å². The Kier molecular flexibility index (Phi) is 1.35. The maximum absolute atomic E-state index is 12.1. The van der Waals surface area contributed by atoms with Gasteiger partial charge in [0.1, 0.15) is 0 Å². The van der Waals surface area contributed by atoms with Gasteiger partial charge in [0, 0.05) is 0 Å². The first-order valence-electron chi connectivity index (χ1n) is 2.51. The lowest BCUT2D eigenvalue weighted by Gasteiger charge is -2.15. The fourth-order valence-corrected chi connectivity index (χ4v) is 0.566. The fraction of sp³-hybridized carbons (Fsp3) is 0.333. The van der Waals surface area contributed by atoms with Gasteiger partial charge in [-0.25, -0.2) is 4.39 Å². The molecular formula is C6H5F3. The van der Waals surface area contributed by atoms with E-state index in [0.717, 1.165) is 12.2 Å². The minimum Gasteiger partial charge on any atom is -0.236 e. The van der Waals surface area contributed by atoms with E-state index in [1.165, 1.54) is 6.08 Å². The summed E-state index contributed by atoms with van der Waals surface area (Å²) in [4.78, 5) is 0. The lowest BCUT2D eigenvalue weighted by Crippen LogP contribution is -2.26. The van der Waals surface area contributed by atoms with Crippen molar-refractivity contribution in [1.29, 1.82) is 0 Å². The van der Waals surface area contributed by atoms with Crippen LogP contribution in [0.5, 0.6) is 0 Å². The molecule has 0 aromatic carbocycles. The summed E-state index contributed by atoms with van der Waals surface area (Å²) < 4.78 is 36.2. The molecule has 9 heavy (non-hydrogen) atoms. The van der Waals surface area contributed by atoms with Gasteiger partial charge in [0.15, 0.2) is 6.17 Å². The summed E-state index contributed by atoms with van der Waals surface area (Å²) in [5, 5.41) is 0.